The topological polar surface area (TPSA) is 15.6 Å². The molecule has 0 aliphatic heterocycles. The number of nitrogens with zero attached hydrogens (tertiary/aromatic N) is 2. The summed E-state index contributed by atoms with van der Waals surface area (Å²) in [6, 6.07) is 0. The summed E-state index contributed by atoms with van der Waals surface area (Å²) in [5.41, 5.74) is 0. The van der Waals surface area contributed by atoms with Crippen molar-refractivity contribution >= 4 is 12.4 Å². The molecular formula is C7H16N2S. The van der Waals surface area contributed by atoms with Gasteiger partial charge >= 0.3 is 0 Å². The van der Waals surface area contributed by atoms with E-state index in [0.29, 0.717) is 0 Å². The van der Waals surface area contributed by atoms with Crippen molar-refractivity contribution < 1.29 is 0 Å². The molecule has 0 N–H and O–H groups in total. The smallest absolute Gasteiger partial charge is 0.0533 e. The summed E-state index contributed by atoms with van der Waals surface area (Å²) < 4.78 is 3.63. The Bertz CT molecular complexity index is 81.7. The summed E-state index contributed by atoms with van der Waals surface area (Å²) in [6.07, 6.45) is 1.10. The molecule has 0 amide bonds. The third-order valence-corrected chi connectivity index (χ3v) is 1.80. The van der Waals surface area contributed by atoms with Gasteiger partial charge in [-0.1, -0.05) is 13.8 Å². The average Bonchev–Trinajstić information content (AvgIpc) is 1.99. The third kappa shape index (κ3) is 4.82. The number of hydrogen-bond donors (Lipinski definition) is 0. The molecule has 0 saturated heterocycles. The van der Waals surface area contributed by atoms with Gasteiger partial charge in [-0.15, -0.1) is 0 Å². The van der Waals surface area contributed by atoms with Crippen LogP contribution in [0.1, 0.15) is 20.3 Å². The van der Waals surface area contributed by atoms with Crippen LogP contribution < -0.4 is 0 Å². The lowest BCUT2D eigenvalue weighted by Gasteiger charge is -2.16. The molecule has 0 spiro atoms. The van der Waals surface area contributed by atoms with Gasteiger partial charge < -0.3 is 4.90 Å². The first-order chi connectivity index (χ1) is 4.85. The van der Waals surface area contributed by atoms with Gasteiger partial charge in [0.05, 0.1) is 6.54 Å². The van der Waals surface area contributed by atoms with Crippen LogP contribution in [0.4, 0.5) is 0 Å². The van der Waals surface area contributed by atoms with Gasteiger partial charge in [-0.3, -0.25) is 0 Å². The number of rotatable bonds is 6. The van der Waals surface area contributed by atoms with Crippen LogP contribution in [0.25, 0.3) is 0 Å². The minimum absolute atomic E-state index is 0.825. The van der Waals surface area contributed by atoms with Gasteiger partial charge in [0.25, 0.3) is 0 Å². The Kier molecular flexibility index (Phi) is 7.08. The molecule has 0 heterocycles. The molecule has 0 aliphatic rings. The van der Waals surface area contributed by atoms with Gasteiger partial charge in [0.1, 0.15) is 0 Å². The van der Waals surface area contributed by atoms with Crippen molar-refractivity contribution in [3.63, 3.8) is 0 Å². The maximum Gasteiger partial charge on any atom is 0.0533 e. The van der Waals surface area contributed by atoms with E-state index in [1.54, 1.807) is 0 Å². The van der Waals surface area contributed by atoms with Crippen LogP contribution >= 0.6 is 0 Å². The molecule has 10 heavy (non-hydrogen) atoms. The van der Waals surface area contributed by atoms with Gasteiger partial charge in [-0.25, -0.2) is 4.36 Å². The molecule has 0 aromatic carbocycles. The maximum atomic E-state index is 4.48. The van der Waals surface area contributed by atoms with E-state index >= 15 is 0 Å². The predicted molar refractivity (Wildman–Crippen MR) is 47.1 cm³/mol. The first-order valence-corrected chi connectivity index (χ1v) is 4.23. The molecule has 0 unspecified atom stereocenters. The van der Waals surface area contributed by atoms with Gasteiger partial charge in [-0.05, 0) is 26.1 Å². The molecule has 0 aliphatic carbocycles. The highest BCUT2D eigenvalue weighted by Gasteiger charge is 1.95. The van der Waals surface area contributed by atoms with E-state index in [0.717, 1.165) is 32.6 Å². The molecule has 0 aromatic rings. The van der Waals surface area contributed by atoms with E-state index < -0.39 is 0 Å². The number of hydrogen-bond acceptors (Lipinski definition) is 3. The van der Waals surface area contributed by atoms with Crippen molar-refractivity contribution in [3.05, 3.63) is 0 Å². The Morgan fingerprint density at radius 3 is 2.30 bits per heavy atom. The van der Waals surface area contributed by atoms with Crippen LogP contribution in [-0.2, 0) is 12.4 Å². The molecule has 0 rings (SSSR count). The fraction of sp³-hybridized carbons (Fsp3) is 1.00. The van der Waals surface area contributed by atoms with Crippen molar-refractivity contribution in [1.82, 2.24) is 4.90 Å². The highest BCUT2D eigenvalue weighted by atomic mass is 32.1. The predicted octanol–water partition coefficient (Wildman–Crippen LogP) is 1.45. The zero-order valence-electron chi connectivity index (χ0n) is 6.84. The quantitative estimate of drug-likeness (QED) is 0.546. The lowest BCUT2D eigenvalue weighted by atomic mass is 10.4. The van der Waals surface area contributed by atoms with Crippen molar-refractivity contribution in [1.29, 1.82) is 0 Å². The Morgan fingerprint density at radius 1 is 1.30 bits per heavy atom. The highest BCUT2D eigenvalue weighted by Crippen LogP contribution is 1.89. The van der Waals surface area contributed by atoms with Crippen molar-refractivity contribution in [3.8, 4) is 0 Å². The normalized spacial score (nSPS) is 10.3. The molecule has 2 nitrogen and oxygen atoms in total. The lowest BCUT2D eigenvalue weighted by Crippen LogP contribution is -2.24. The van der Waals surface area contributed by atoms with Crippen LogP contribution in [-0.4, -0.2) is 31.1 Å². The minimum atomic E-state index is 0.825. The zero-order valence-corrected chi connectivity index (χ0v) is 7.65. The van der Waals surface area contributed by atoms with Crippen LogP contribution in [0.2, 0.25) is 0 Å². The first kappa shape index (κ1) is 9.98. The van der Waals surface area contributed by atoms with Gasteiger partial charge in [0, 0.05) is 12.4 Å². The molecule has 0 saturated carbocycles. The van der Waals surface area contributed by atoms with Crippen LogP contribution in [0.15, 0.2) is 4.36 Å². The van der Waals surface area contributed by atoms with Gasteiger partial charge in [0.15, 0.2) is 0 Å². The molecule has 3 heteroatoms. The van der Waals surface area contributed by atoms with E-state index in [1.165, 1.54) is 0 Å². The average molecular weight is 160 g/mol. The summed E-state index contributed by atoms with van der Waals surface area (Å²) >= 11 is 4.48. The second-order valence-electron chi connectivity index (χ2n) is 2.23. The van der Waals surface area contributed by atoms with Gasteiger partial charge in [0.2, 0.25) is 0 Å². The molecule has 0 fully saturated rings. The Labute approximate surface area is 68.8 Å². The molecule has 60 valence electrons. The third-order valence-electron chi connectivity index (χ3n) is 1.62. The minimum Gasteiger partial charge on any atom is -0.304 e. The summed E-state index contributed by atoms with van der Waals surface area (Å²) in [6.45, 7) is 8.57. The van der Waals surface area contributed by atoms with Crippen LogP contribution in [0.3, 0.4) is 0 Å². The second-order valence-corrected chi connectivity index (χ2v) is 2.49. The van der Waals surface area contributed by atoms with Crippen LogP contribution in [0, 0.1) is 0 Å². The molecule has 0 bridgehead atoms. The lowest BCUT2D eigenvalue weighted by molar-refractivity contribution is 0.302. The largest absolute Gasteiger partial charge is 0.304 e. The molecule has 0 atom stereocenters. The molecular weight excluding hydrogens is 144 g/mol. The van der Waals surface area contributed by atoms with E-state index in [1.807, 2.05) is 0 Å². The standard InChI is InChI=1S/C7H16N2S/c1-3-9(4-2)7-5-6-8-10/h3-7H2,1-2H3. The van der Waals surface area contributed by atoms with Crippen molar-refractivity contribution in [2.24, 2.45) is 4.36 Å². The summed E-state index contributed by atoms with van der Waals surface area (Å²) in [4.78, 5) is 2.38. The Balaban J connectivity index is 3.16. The van der Waals surface area contributed by atoms with Gasteiger partial charge in [-0.2, -0.15) is 0 Å². The van der Waals surface area contributed by atoms with Crippen LogP contribution in [0.5, 0.6) is 0 Å². The summed E-state index contributed by atoms with van der Waals surface area (Å²) in [7, 11) is 0. The summed E-state index contributed by atoms with van der Waals surface area (Å²) in [5, 5.41) is 0. The second kappa shape index (κ2) is 7.09. The maximum absolute atomic E-state index is 4.48. The fourth-order valence-corrected chi connectivity index (χ4v) is 1.03. The monoisotopic (exact) mass is 160 g/mol. The Hall–Kier alpha value is -0.0200. The van der Waals surface area contributed by atoms with E-state index in [9.17, 15) is 0 Å². The molecule has 0 aromatic heterocycles. The Morgan fingerprint density at radius 2 is 1.90 bits per heavy atom. The van der Waals surface area contributed by atoms with Crippen molar-refractivity contribution in [2.75, 3.05) is 26.2 Å². The summed E-state index contributed by atoms with van der Waals surface area (Å²) in [5.74, 6) is 0. The fourth-order valence-electron chi connectivity index (χ4n) is 0.899. The van der Waals surface area contributed by atoms with E-state index in [2.05, 4.69) is 35.5 Å². The molecule has 0 radical (unpaired) electrons. The highest BCUT2D eigenvalue weighted by molar-refractivity contribution is 7.47. The van der Waals surface area contributed by atoms with E-state index in [-0.39, 0.29) is 0 Å². The zero-order chi connectivity index (χ0) is 7.82. The van der Waals surface area contributed by atoms with E-state index in [4.69, 9.17) is 0 Å². The SMILES string of the molecule is CCN(CC)CCCN=S. The first-order valence-electron chi connectivity index (χ1n) is 3.86. The van der Waals surface area contributed by atoms with Crippen molar-refractivity contribution in [2.45, 2.75) is 20.3 Å².